The molecule has 0 heterocycles. The van der Waals surface area contributed by atoms with Crippen LogP contribution in [0.25, 0.3) is 0 Å². The van der Waals surface area contributed by atoms with Gasteiger partial charge in [0.25, 0.3) is 0 Å². The maximum Gasteiger partial charge on any atom is 0.320 e. The number of rotatable bonds is 15. The fourth-order valence-corrected chi connectivity index (χ4v) is 9.12. The monoisotopic (exact) mass is 859 g/mol. The second-order valence-electron chi connectivity index (χ2n) is 24.0. The smallest absolute Gasteiger partial charge is 0.320 e. The normalized spacial score (nSPS) is 19.0. The first-order valence-electron chi connectivity index (χ1n) is 23.5. The fraction of sp³-hybridized carbons (Fsp3) is 0.569. The predicted octanol–water partition coefficient (Wildman–Crippen LogP) is 15.7. The summed E-state index contributed by atoms with van der Waals surface area (Å²) in [5.74, 6) is 3.19. The van der Waals surface area contributed by atoms with Crippen LogP contribution in [0.3, 0.4) is 0 Å². The maximum absolute atomic E-state index is 14.0. The lowest BCUT2D eigenvalue weighted by Gasteiger charge is -2.49. The van der Waals surface area contributed by atoms with E-state index >= 15 is 0 Å². The van der Waals surface area contributed by atoms with E-state index in [1.54, 1.807) is 0 Å². The maximum atomic E-state index is 14.0. The van der Waals surface area contributed by atoms with Gasteiger partial charge in [-0.15, -0.1) is 0 Å². The molecule has 63 heavy (non-hydrogen) atoms. The first-order chi connectivity index (χ1) is 28.8. The first kappa shape index (κ1) is 49.8. The van der Waals surface area contributed by atoms with Crippen LogP contribution < -0.4 is 18.9 Å². The number of ether oxygens (including phenoxy) is 4. The van der Waals surface area contributed by atoms with E-state index in [2.05, 4.69) is 177 Å². The zero-order valence-corrected chi connectivity index (χ0v) is 42.7. The molecule has 0 saturated heterocycles. The van der Waals surface area contributed by atoms with Crippen molar-refractivity contribution in [3.8, 4) is 23.0 Å². The Kier molecular flexibility index (Phi) is 13.6. The Bertz CT molecular complexity index is 2160. The van der Waals surface area contributed by atoms with Gasteiger partial charge in [-0.2, -0.15) is 0 Å². The third kappa shape index (κ3) is 10.5. The van der Waals surface area contributed by atoms with Crippen LogP contribution in [0.1, 0.15) is 179 Å². The molecule has 5 rings (SSSR count). The van der Waals surface area contributed by atoms with Gasteiger partial charge in [0.1, 0.15) is 45.2 Å². The molecule has 1 saturated carbocycles. The molecule has 2 unspecified atom stereocenters. The Morgan fingerprint density at radius 1 is 0.540 bits per heavy atom. The highest BCUT2D eigenvalue weighted by atomic mass is 16.5. The van der Waals surface area contributed by atoms with Crippen LogP contribution in [-0.2, 0) is 15.6 Å². The van der Waals surface area contributed by atoms with Gasteiger partial charge >= 0.3 is 5.97 Å². The van der Waals surface area contributed by atoms with Crippen LogP contribution >= 0.6 is 0 Å². The van der Waals surface area contributed by atoms with Crippen molar-refractivity contribution in [2.75, 3.05) is 0 Å². The van der Waals surface area contributed by atoms with Crippen molar-refractivity contribution in [3.63, 3.8) is 0 Å². The number of hydrogen-bond acceptors (Lipinski definition) is 5. The summed E-state index contributed by atoms with van der Waals surface area (Å²) in [6, 6.07) is 33.8. The van der Waals surface area contributed by atoms with Gasteiger partial charge in [0.05, 0.1) is 0 Å². The average Bonchev–Trinajstić information content (AvgIpc) is 3.17. The molecule has 0 radical (unpaired) electrons. The summed E-state index contributed by atoms with van der Waals surface area (Å²) in [6.07, 6.45) is 4.33. The molecule has 0 aliphatic heterocycles. The Hall–Kier alpha value is -4.25. The lowest BCUT2D eigenvalue weighted by atomic mass is 9.55. The summed E-state index contributed by atoms with van der Waals surface area (Å²) in [5, 5.41) is 0. The highest BCUT2D eigenvalue weighted by Gasteiger charge is 2.48. The molecule has 0 spiro atoms. The molecular weight excluding hydrogens is 777 g/mol. The molecule has 4 aromatic rings. The van der Waals surface area contributed by atoms with Crippen molar-refractivity contribution in [2.24, 2.45) is 27.6 Å². The van der Waals surface area contributed by atoms with E-state index in [-0.39, 0.29) is 44.2 Å². The minimum atomic E-state index is -0.982. The highest BCUT2D eigenvalue weighted by molar-refractivity contribution is 5.80. The molecule has 0 bridgehead atoms. The number of carbonyl (C=O) groups is 1. The van der Waals surface area contributed by atoms with Crippen molar-refractivity contribution in [1.29, 1.82) is 0 Å². The highest BCUT2D eigenvalue weighted by Crippen LogP contribution is 2.54. The van der Waals surface area contributed by atoms with Crippen LogP contribution in [0.5, 0.6) is 23.0 Å². The van der Waals surface area contributed by atoms with E-state index in [4.69, 9.17) is 18.9 Å². The number of hydrogen-bond donors (Lipinski definition) is 0. The van der Waals surface area contributed by atoms with Crippen molar-refractivity contribution in [1.82, 2.24) is 0 Å². The van der Waals surface area contributed by atoms with Gasteiger partial charge in [0, 0.05) is 21.7 Å². The SMILES string of the molecule is CCC(C)(C)C(C)(C)Oc1ccc(C2(c3ccc(OC(C)(C)C(C)(C)C(=O)Oc4ccc(C(C)(C)c5ccc(OC(C)(C)C(C)(C)C)cc5)cc4)cc3)CC(C)CC(C)(C)C2)cc1. The van der Waals surface area contributed by atoms with E-state index in [0.29, 0.717) is 11.7 Å². The number of esters is 1. The van der Waals surface area contributed by atoms with Crippen molar-refractivity contribution in [2.45, 2.75) is 185 Å². The van der Waals surface area contributed by atoms with Gasteiger partial charge in [0.2, 0.25) is 0 Å². The third-order valence-electron chi connectivity index (χ3n) is 16.0. The molecule has 0 N–H and O–H groups in total. The topological polar surface area (TPSA) is 54.0 Å². The summed E-state index contributed by atoms with van der Waals surface area (Å²) < 4.78 is 25.8. The molecule has 5 nitrogen and oxygen atoms in total. The minimum absolute atomic E-state index is 0.00839. The lowest BCUT2D eigenvalue weighted by molar-refractivity contribution is -0.155. The molecule has 1 aliphatic rings. The van der Waals surface area contributed by atoms with Crippen molar-refractivity contribution < 1.29 is 23.7 Å². The van der Waals surface area contributed by atoms with E-state index in [9.17, 15) is 4.79 Å². The molecule has 0 aromatic heterocycles. The zero-order valence-electron chi connectivity index (χ0n) is 42.7. The second-order valence-corrected chi connectivity index (χ2v) is 24.0. The average molecular weight is 859 g/mol. The molecule has 1 fully saturated rings. The van der Waals surface area contributed by atoms with Gasteiger partial charge in [-0.05, 0) is 163 Å². The van der Waals surface area contributed by atoms with Gasteiger partial charge in [-0.1, -0.05) is 125 Å². The summed E-state index contributed by atoms with van der Waals surface area (Å²) >= 11 is 0. The lowest BCUT2D eigenvalue weighted by Crippen LogP contribution is -2.51. The summed E-state index contributed by atoms with van der Waals surface area (Å²) in [4.78, 5) is 14.0. The predicted molar refractivity (Wildman–Crippen MR) is 263 cm³/mol. The van der Waals surface area contributed by atoms with Gasteiger partial charge in [-0.3, -0.25) is 4.79 Å². The number of carbonyl (C=O) groups excluding carboxylic acids is 1. The Balaban J connectivity index is 1.30. The fourth-order valence-electron chi connectivity index (χ4n) is 9.12. The van der Waals surface area contributed by atoms with Gasteiger partial charge < -0.3 is 18.9 Å². The molecule has 1 aliphatic carbocycles. The molecule has 4 aromatic carbocycles. The molecule has 344 valence electrons. The first-order valence-corrected chi connectivity index (χ1v) is 23.5. The zero-order chi connectivity index (χ0) is 47.2. The summed E-state index contributed by atoms with van der Waals surface area (Å²) in [6.45, 7) is 41.4. The summed E-state index contributed by atoms with van der Waals surface area (Å²) in [5.41, 5.74) is 2.14. The van der Waals surface area contributed by atoms with Crippen LogP contribution in [0.4, 0.5) is 0 Å². The van der Waals surface area contributed by atoms with Gasteiger partial charge in [0.15, 0.2) is 0 Å². The van der Waals surface area contributed by atoms with E-state index in [1.807, 2.05) is 52.0 Å². The van der Waals surface area contributed by atoms with E-state index in [1.165, 1.54) is 23.1 Å². The standard InChI is InChI=1S/C58H82O5/c1-20-52(8,9)56(16,17)62-47-33-25-43(26-34-47)58(38-40(2)37-51(6,7)39-58)44-27-35-48(36-28-44)63-57(18,19)54(12,13)49(59)60-45-29-21-41(22-30-45)53(10,11)42-23-31-46(32-24-42)61-55(14,15)50(3,4)5/h21-36,40H,20,37-39H2,1-19H3. The third-order valence-corrected chi connectivity index (χ3v) is 16.0. The largest absolute Gasteiger partial charge is 0.487 e. The molecular formula is C58H82O5. The Morgan fingerprint density at radius 3 is 1.32 bits per heavy atom. The van der Waals surface area contributed by atoms with E-state index in [0.717, 1.165) is 42.1 Å². The number of benzene rings is 4. The van der Waals surface area contributed by atoms with Crippen LogP contribution in [0.15, 0.2) is 97.1 Å². The summed E-state index contributed by atoms with van der Waals surface area (Å²) in [7, 11) is 0. The molecule has 2 atom stereocenters. The van der Waals surface area contributed by atoms with Gasteiger partial charge in [-0.25, -0.2) is 0 Å². The van der Waals surface area contributed by atoms with Crippen LogP contribution in [-0.4, -0.2) is 22.8 Å². The van der Waals surface area contributed by atoms with E-state index < -0.39 is 11.0 Å². The quantitative estimate of drug-likeness (QED) is 0.0880. The van der Waals surface area contributed by atoms with Crippen molar-refractivity contribution in [3.05, 3.63) is 119 Å². The van der Waals surface area contributed by atoms with Crippen LogP contribution in [0, 0.1) is 27.6 Å². The molecule has 5 heteroatoms. The Morgan fingerprint density at radius 2 is 0.921 bits per heavy atom. The second kappa shape index (κ2) is 17.3. The molecule has 0 amide bonds. The van der Waals surface area contributed by atoms with Crippen molar-refractivity contribution >= 4 is 5.97 Å². The minimum Gasteiger partial charge on any atom is -0.487 e. The Labute approximate surface area is 383 Å². The van der Waals surface area contributed by atoms with Crippen LogP contribution in [0.2, 0.25) is 0 Å².